The summed E-state index contributed by atoms with van der Waals surface area (Å²) in [6.45, 7) is 16.4. The summed E-state index contributed by atoms with van der Waals surface area (Å²) in [4.78, 5) is 27.7. The molecule has 0 spiro atoms. The molecule has 2 saturated carbocycles. The smallest absolute Gasteiger partial charge is 0.407 e. The molecule has 0 unspecified atom stereocenters. The van der Waals surface area contributed by atoms with Crippen molar-refractivity contribution in [1.29, 1.82) is 0 Å². The van der Waals surface area contributed by atoms with Gasteiger partial charge in [0.2, 0.25) is 0 Å². The number of nitrogens with zero attached hydrogens (tertiary/aromatic N) is 1. The Bertz CT molecular complexity index is 906. The fourth-order valence-corrected chi connectivity index (χ4v) is 5.13. The topological polar surface area (TPSA) is 134 Å². The largest absolute Gasteiger partial charge is 0.444 e. The average molecular weight is 682 g/mol. The fourth-order valence-electron chi connectivity index (χ4n) is 3.80. The van der Waals surface area contributed by atoms with Gasteiger partial charge >= 0.3 is 12.2 Å². The predicted octanol–water partition coefficient (Wildman–Crippen LogP) is 6.27. The summed E-state index contributed by atoms with van der Waals surface area (Å²) < 4.78 is 20.7. The van der Waals surface area contributed by atoms with Gasteiger partial charge in [0.25, 0.3) is 0 Å². The van der Waals surface area contributed by atoms with Gasteiger partial charge in [-0.25, -0.2) is 14.6 Å². The van der Waals surface area contributed by atoms with Crippen LogP contribution in [0.25, 0.3) is 0 Å². The van der Waals surface area contributed by atoms with Crippen LogP contribution in [0.4, 0.5) is 9.59 Å². The molecule has 1 aromatic heterocycles. The number of thiazole rings is 1. The molecular weight excluding hydrogens is 632 g/mol. The van der Waals surface area contributed by atoms with Crippen LogP contribution >= 0.6 is 39.5 Å². The van der Waals surface area contributed by atoms with Gasteiger partial charge in [0.15, 0.2) is 6.29 Å². The zero-order valence-corrected chi connectivity index (χ0v) is 28.9. The molecule has 0 radical (unpaired) electrons. The number of hydrogen-bond donors (Lipinski definition) is 3. The highest BCUT2D eigenvalue weighted by atomic mass is 79.9. The molecule has 0 saturated heterocycles. The minimum absolute atomic E-state index is 0.0694. The number of halogens is 1. The molecule has 0 bridgehead atoms. The summed E-state index contributed by atoms with van der Waals surface area (Å²) in [6, 6.07) is 0.394. The Kier molecular flexibility index (Phi) is 16.6. The number of aromatic nitrogens is 1. The number of carbonyl (C=O) groups excluding carboxylic acids is 2. The number of carbonyl (C=O) groups is 2. The first-order chi connectivity index (χ1) is 19.1. The van der Waals surface area contributed by atoms with Gasteiger partial charge in [-0.1, -0.05) is 28.1 Å². The highest BCUT2D eigenvalue weighted by Gasteiger charge is 2.34. The first-order valence-electron chi connectivity index (χ1n) is 14.0. The summed E-state index contributed by atoms with van der Waals surface area (Å²) in [5.41, 5.74) is 4.60. The lowest BCUT2D eigenvalue weighted by Gasteiger charge is -2.35. The third-order valence-electron chi connectivity index (χ3n) is 5.75. The first kappa shape index (κ1) is 37.5. The maximum absolute atomic E-state index is 11.5. The first-order valence-corrected chi connectivity index (χ1v) is 16.4. The minimum atomic E-state index is -0.448. The Morgan fingerprint density at radius 3 is 1.80 bits per heavy atom. The van der Waals surface area contributed by atoms with E-state index < -0.39 is 11.2 Å². The molecule has 2 fully saturated rings. The van der Waals surface area contributed by atoms with Crippen molar-refractivity contribution in [3.8, 4) is 0 Å². The Labute approximate surface area is 263 Å². The van der Waals surface area contributed by atoms with Crippen molar-refractivity contribution in [3.05, 3.63) is 16.6 Å². The van der Waals surface area contributed by atoms with Gasteiger partial charge < -0.3 is 35.3 Å². The maximum atomic E-state index is 11.5. The Hall–Kier alpha value is -1.54. The van der Waals surface area contributed by atoms with Crippen molar-refractivity contribution in [3.63, 3.8) is 0 Å². The van der Waals surface area contributed by atoms with Gasteiger partial charge in [0.1, 0.15) is 11.2 Å². The average Bonchev–Trinajstić information content (AvgIpc) is 3.30. The third kappa shape index (κ3) is 16.6. The quantitative estimate of drug-likeness (QED) is 0.157. The molecule has 1 heterocycles. The highest BCUT2D eigenvalue weighted by Crippen LogP contribution is 2.37. The van der Waals surface area contributed by atoms with E-state index >= 15 is 0 Å². The van der Waals surface area contributed by atoms with Crippen molar-refractivity contribution in [2.45, 2.75) is 117 Å². The third-order valence-corrected chi connectivity index (χ3v) is 7.55. The molecule has 13 heteroatoms. The number of ether oxygens (including phenoxy) is 4. The second-order valence-corrected chi connectivity index (χ2v) is 13.8. The predicted molar refractivity (Wildman–Crippen MR) is 171 cm³/mol. The maximum Gasteiger partial charge on any atom is 0.407 e. The van der Waals surface area contributed by atoms with E-state index in [1.54, 1.807) is 11.3 Å². The molecule has 2 aliphatic carbocycles. The van der Waals surface area contributed by atoms with Crippen molar-refractivity contribution >= 4 is 56.7 Å². The van der Waals surface area contributed by atoms with Gasteiger partial charge in [-0.3, -0.25) is 0 Å². The van der Waals surface area contributed by atoms with Crippen LogP contribution in [0.5, 0.6) is 0 Å². The molecule has 41 heavy (non-hydrogen) atoms. The molecule has 3 rings (SSSR count). The zero-order valence-electron chi connectivity index (χ0n) is 25.7. The molecule has 0 atom stereocenters. The number of rotatable bonds is 9. The molecule has 4 N–H and O–H groups in total. The van der Waals surface area contributed by atoms with Crippen LogP contribution in [-0.4, -0.2) is 70.3 Å². The van der Waals surface area contributed by atoms with Crippen LogP contribution in [0.15, 0.2) is 11.6 Å². The van der Waals surface area contributed by atoms with Gasteiger partial charge in [0.05, 0.1) is 15.3 Å². The van der Waals surface area contributed by atoms with E-state index in [2.05, 4.69) is 31.5 Å². The van der Waals surface area contributed by atoms with Crippen molar-refractivity contribution in [2.24, 2.45) is 11.7 Å². The second kappa shape index (κ2) is 18.2. The lowest BCUT2D eigenvalue weighted by molar-refractivity contribution is -0.119. The van der Waals surface area contributed by atoms with Gasteiger partial charge in [-0.15, -0.1) is 11.3 Å². The van der Waals surface area contributed by atoms with Crippen molar-refractivity contribution in [2.75, 3.05) is 18.5 Å². The molecule has 236 valence electrons. The Morgan fingerprint density at radius 1 is 1.00 bits per heavy atom. The van der Waals surface area contributed by atoms with Crippen LogP contribution in [0.2, 0.25) is 0 Å². The van der Waals surface area contributed by atoms with Crippen LogP contribution in [0.1, 0.15) is 92.0 Å². The van der Waals surface area contributed by atoms with Crippen LogP contribution in [0, 0.1) is 5.92 Å². The molecule has 0 aliphatic heterocycles. The highest BCUT2D eigenvalue weighted by molar-refractivity contribution is 9.09. The van der Waals surface area contributed by atoms with E-state index in [0.717, 1.165) is 31.0 Å². The van der Waals surface area contributed by atoms with Gasteiger partial charge in [-0.05, 0) is 81.1 Å². The molecule has 2 aliphatic rings. The summed E-state index contributed by atoms with van der Waals surface area (Å²) in [5, 5.41) is 9.57. The van der Waals surface area contributed by atoms with E-state index in [9.17, 15) is 9.59 Å². The zero-order chi connectivity index (χ0) is 31.2. The number of nitrogens with two attached hydrogens (primary N) is 1. The standard InChI is InChI=1S/C12H18N2O2S.C10H18N2O2S.C6H13BrO2/c1-12(2,3)16-11(15)14-9-6-8(7-9)10-13-4-5-17-10;1-10(2,3)14-9(13)12-7-4-6(5-7)8(11)15;1-3-8-6(5-7)9-4-2/h4-5,8-9H,6-7H2,1-3H3,(H,14,15);6-7H,4-5H2,1-3H3,(H2,11,15)(H,12,13);6H,3-5H2,1-2H3. The van der Waals surface area contributed by atoms with Crippen molar-refractivity contribution in [1.82, 2.24) is 15.6 Å². The number of alkyl carbamates (subject to hydrolysis) is 2. The van der Waals surface area contributed by atoms with Crippen LogP contribution in [-0.2, 0) is 18.9 Å². The Balaban J connectivity index is 0.000000323. The molecule has 0 aromatic carbocycles. The molecule has 2 amide bonds. The SMILES string of the molecule is CC(C)(C)OC(=O)NC1CC(C(N)=S)C1.CC(C)(C)OC(=O)NC1CC(c2nccs2)C1.CCOC(CBr)OCC. The van der Waals surface area contributed by atoms with Gasteiger partial charge in [0, 0.05) is 48.7 Å². The van der Waals surface area contributed by atoms with E-state index in [4.69, 9.17) is 36.9 Å². The van der Waals surface area contributed by atoms with E-state index in [1.807, 2.05) is 67.0 Å². The normalized spacial score (nSPS) is 21.5. The lowest BCUT2D eigenvalue weighted by Crippen LogP contribution is -2.49. The molecule has 10 nitrogen and oxygen atoms in total. The fraction of sp³-hybridized carbons (Fsp3) is 0.786. The van der Waals surface area contributed by atoms with E-state index in [1.165, 1.54) is 5.01 Å². The van der Waals surface area contributed by atoms with E-state index in [-0.39, 0.29) is 36.5 Å². The molecule has 1 aromatic rings. The van der Waals surface area contributed by atoms with Crippen LogP contribution in [0.3, 0.4) is 0 Å². The summed E-state index contributed by atoms with van der Waals surface area (Å²) in [7, 11) is 0. The second-order valence-electron chi connectivity index (χ2n) is 11.8. The van der Waals surface area contributed by atoms with Crippen molar-refractivity contribution < 1.29 is 28.5 Å². The monoisotopic (exact) mass is 680 g/mol. The van der Waals surface area contributed by atoms with E-state index in [0.29, 0.717) is 24.1 Å². The number of hydrogen-bond acceptors (Lipinski definition) is 9. The molecular formula is C28H49BrN4O6S2. The Morgan fingerprint density at radius 2 is 1.46 bits per heavy atom. The van der Waals surface area contributed by atoms with Gasteiger partial charge in [-0.2, -0.15) is 0 Å². The number of nitrogens with one attached hydrogen (secondary N) is 2. The summed E-state index contributed by atoms with van der Waals surface area (Å²) >= 11 is 9.81. The summed E-state index contributed by atoms with van der Waals surface area (Å²) in [6.07, 6.45) is 4.66. The number of thiocarbonyl (C=S) groups is 1. The van der Waals surface area contributed by atoms with Crippen LogP contribution < -0.4 is 16.4 Å². The number of alkyl halides is 1. The number of amides is 2. The summed E-state index contributed by atoms with van der Waals surface area (Å²) in [5.74, 6) is 0.787. The lowest BCUT2D eigenvalue weighted by atomic mass is 9.80. The minimum Gasteiger partial charge on any atom is -0.444 e.